The average Bonchev–Trinajstić information content (AvgIpc) is 1.89. The fourth-order valence-electron chi connectivity index (χ4n) is 0.495. The Morgan fingerprint density at radius 2 is 2.00 bits per heavy atom. The van der Waals surface area contributed by atoms with Crippen LogP contribution < -0.4 is 10.6 Å². The first-order valence-corrected chi connectivity index (χ1v) is 3.51. The standard InChI is InChI=1S/C7H16N2O/c1-5-9-6(10)7(2,3)8-4/h8H,5H2,1-4H3,(H,9,10). The van der Waals surface area contributed by atoms with E-state index in [1.165, 1.54) is 0 Å². The van der Waals surface area contributed by atoms with E-state index in [9.17, 15) is 4.79 Å². The molecule has 0 aliphatic rings. The Bertz CT molecular complexity index is 121. The van der Waals surface area contributed by atoms with Crippen molar-refractivity contribution in [3.8, 4) is 0 Å². The zero-order valence-electron chi connectivity index (χ0n) is 7.12. The Hall–Kier alpha value is -0.570. The number of likely N-dealkylation sites (N-methyl/N-ethyl adjacent to an activating group) is 2. The number of carbonyl (C=O) groups excluding carboxylic acids is 1. The first-order chi connectivity index (χ1) is 4.54. The second kappa shape index (κ2) is 3.56. The van der Waals surface area contributed by atoms with Crippen LogP contribution in [0.2, 0.25) is 0 Å². The summed E-state index contributed by atoms with van der Waals surface area (Å²) in [5.41, 5.74) is -0.448. The molecule has 0 aromatic heterocycles. The molecule has 2 N–H and O–H groups in total. The predicted octanol–water partition coefficient (Wildman–Crippen LogP) is 0.120. The number of rotatable bonds is 3. The molecule has 0 rings (SSSR count). The van der Waals surface area contributed by atoms with Crippen molar-refractivity contribution in [2.45, 2.75) is 26.3 Å². The van der Waals surface area contributed by atoms with Crippen molar-refractivity contribution in [1.29, 1.82) is 0 Å². The summed E-state index contributed by atoms with van der Waals surface area (Å²) in [7, 11) is 1.77. The van der Waals surface area contributed by atoms with Gasteiger partial charge in [-0.15, -0.1) is 0 Å². The molecule has 3 heteroatoms. The maximum atomic E-state index is 11.1. The lowest BCUT2D eigenvalue weighted by Crippen LogP contribution is -2.50. The minimum absolute atomic E-state index is 0.0394. The third-order valence-corrected chi connectivity index (χ3v) is 1.53. The molecule has 0 atom stereocenters. The van der Waals surface area contributed by atoms with Gasteiger partial charge in [-0.2, -0.15) is 0 Å². The van der Waals surface area contributed by atoms with Crippen molar-refractivity contribution in [3.63, 3.8) is 0 Å². The number of hydrogen-bond acceptors (Lipinski definition) is 2. The van der Waals surface area contributed by atoms with E-state index in [0.717, 1.165) is 0 Å². The van der Waals surface area contributed by atoms with Gasteiger partial charge in [0.1, 0.15) is 0 Å². The van der Waals surface area contributed by atoms with Gasteiger partial charge in [0.05, 0.1) is 5.54 Å². The van der Waals surface area contributed by atoms with Crippen molar-refractivity contribution in [2.24, 2.45) is 0 Å². The van der Waals surface area contributed by atoms with Gasteiger partial charge in [0.2, 0.25) is 5.91 Å². The van der Waals surface area contributed by atoms with Crippen molar-refractivity contribution in [2.75, 3.05) is 13.6 Å². The molecular weight excluding hydrogens is 128 g/mol. The van der Waals surface area contributed by atoms with Gasteiger partial charge < -0.3 is 10.6 Å². The van der Waals surface area contributed by atoms with Crippen LogP contribution in [0, 0.1) is 0 Å². The van der Waals surface area contributed by atoms with Gasteiger partial charge in [0, 0.05) is 6.54 Å². The second-order valence-electron chi connectivity index (χ2n) is 2.73. The Morgan fingerprint density at radius 3 is 2.30 bits per heavy atom. The molecule has 0 aliphatic carbocycles. The summed E-state index contributed by atoms with van der Waals surface area (Å²) in [6.07, 6.45) is 0. The maximum Gasteiger partial charge on any atom is 0.239 e. The first-order valence-electron chi connectivity index (χ1n) is 3.51. The molecule has 0 saturated carbocycles. The molecule has 0 spiro atoms. The van der Waals surface area contributed by atoms with Gasteiger partial charge >= 0.3 is 0 Å². The largest absolute Gasteiger partial charge is 0.355 e. The third-order valence-electron chi connectivity index (χ3n) is 1.53. The Balaban J connectivity index is 3.91. The van der Waals surface area contributed by atoms with Crippen molar-refractivity contribution >= 4 is 5.91 Å². The highest BCUT2D eigenvalue weighted by atomic mass is 16.2. The number of carbonyl (C=O) groups is 1. The number of nitrogens with one attached hydrogen (secondary N) is 2. The molecule has 0 radical (unpaired) electrons. The van der Waals surface area contributed by atoms with E-state index in [-0.39, 0.29) is 5.91 Å². The Kier molecular flexibility index (Phi) is 3.36. The van der Waals surface area contributed by atoms with Gasteiger partial charge in [-0.3, -0.25) is 4.79 Å². The van der Waals surface area contributed by atoms with Gasteiger partial charge in [-0.1, -0.05) is 0 Å². The smallest absolute Gasteiger partial charge is 0.239 e. The van der Waals surface area contributed by atoms with Crippen molar-refractivity contribution < 1.29 is 4.79 Å². The SMILES string of the molecule is CCNC(=O)C(C)(C)NC. The second-order valence-corrected chi connectivity index (χ2v) is 2.73. The van der Waals surface area contributed by atoms with Crippen LogP contribution in [0.1, 0.15) is 20.8 Å². The third kappa shape index (κ3) is 2.35. The van der Waals surface area contributed by atoms with Gasteiger partial charge in [0.25, 0.3) is 0 Å². The van der Waals surface area contributed by atoms with E-state index in [0.29, 0.717) is 6.54 Å². The molecule has 0 bridgehead atoms. The normalized spacial score (nSPS) is 11.2. The molecule has 3 nitrogen and oxygen atoms in total. The fraction of sp³-hybridized carbons (Fsp3) is 0.857. The Morgan fingerprint density at radius 1 is 1.50 bits per heavy atom. The highest BCUT2D eigenvalue weighted by molar-refractivity contribution is 5.85. The lowest BCUT2D eigenvalue weighted by Gasteiger charge is -2.21. The van der Waals surface area contributed by atoms with Crippen LogP contribution in [0.5, 0.6) is 0 Å². The molecule has 0 fully saturated rings. The van der Waals surface area contributed by atoms with Crippen LogP contribution in [0.3, 0.4) is 0 Å². The van der Waals surface area contributed by atoms with Crippen LogP contribution in [-0.2, 0) is 4.79 Å². The molecule has 0 aliphatic heterocycles. The molecule has 0 saturated heterocycles. The van der Waals surface area contributed by atoms with Gasteiger partial charge in [0.15, 0.2) is 0 Å². The summed E-state index contributed by atoms with van der Waals surface area (Å²) < 4.78 is 0. The summed E-state index contributed by atoms with van der Waals surface area (Å²) in [5.74, 6) is 0.0394. The van der Waals surface area contributed by atoms with E-state index >= 15 is 0 Å². The van der Waals surface area contributed by atoms with E-state index in [4.69, 9.17) is 0 Å². The highest BCUT2D eigenvalue weighted by Gasteiger charge is 2.23. The monoisotopic (exact) mass is 144 g/mol. The fourth-order valence-corrected chi connectivity index (χ4v) is 0.495. The van der Waals surface area contributed by atoms with Gasteiger partial charge in [-0.25, -0.2) is 0 Å². The highest BCUT2D eigenvalue weighted by Crippen LogP contribution is 1.98. The minimum Gasteiger partial charge on any atom is -0.355 e. The van der Waals surface area contributed by atoms with E-state index in [1.54, 1.807) is 7.05 Å². The van der Waals surface area contributed by atoms with E-state index in [1.807, 2.05) is 20.8 Å². The zero-order valence-corrected chi connectivity index (χ0v) is 7.12. The summed E-state index contributed by atoms with van der Waals surface area (Å²) in [4.78, 5) is 11.1. The molecule has 0 unspecified atom stereocenters. The number of amides is 1. The quantitative estimate of drug-likeness (QED) is 0.590. The summed E-state index contributed by atoms with van der Waals surface area (Å²) in [6.45, 7) is 6.28. The van der Waals surface area contributed by atoms with Crippen molar-refractivity contribution in [3.05, 3.63) is 0 Å². The average molecular weight is 144 g/mol. The van der Waals surface area contributed by atoms with Crippen LogP contribution in [0.4, 0.5) is 0 Å². The van der Waals surface area contributed by atoms with E-state index in [2.05, 4.69) is 10.6 Å². The van der Waals surface area contributed by atoms with Crippen LogP contribution >= 0.6 is 0 Å². The molecule has 10 heavy (non-hydrogen) atoms. The molecule has 1 amide bonds. The molecule has 0 aromatic rings. The first kappa shape index (κ1) is 9.43. The lowest BCUT2D eigenvalue weighted by molar-refractivity contribution is -0.126. The molecule has 0 aromatic carbocycles. The van der Waals surface area contributed by atoms with Crippen LogP contribution in [0.15, 0.2) is 0 Å². The number of hydrogen-bond donors (Lipinski definition) is 2. The van der Waals surface area contributed by atoms with Crippen LogP contribution in [-0.4, -0.2) is 25.0 Å². The van der Waals surface area contributed by atoms with Gasteiger partial charge in [-0.05, 0) is 27.8 Å². The van der Waals surface area contributed by atoms with Crippen molar-refractivity contribution in [1.82, 2.24) is 10.6 Å². The molecule has 0 heterocycles. The summed E-state index contributed by atoms with van der Waals surface area (Å²) in [6, 6.07) is 0. The summed E-state index contributed by atoms with van der Waals surface area (Å²) in [5, 5.41) is 5.65. The maximum absolute atomic E-state index is 11.1. The summed E-state index contributed by atoms with van der Waals surface area (Å²) >= 11 is 0. The Labute approximate surface area is 62.2 Å². The topological polar surface area (TPSA) is 41.1 Å². The minimum atomic E-state index is -0.448. The van der Waals surface area contributed by atoms with E-state index < -0.39 is 5.54 Å². The molecular formula is C7H16N2O. The molecule has 60 valence electrons. The predicted molar refractivity (Wildman–Crippen MR) is 41.8 cm³/mol. The lowest BCUT2D eigenvalue weighted by atomic mass is 10.1. The van der Waals surface area contributed by atoms with Crippen LogP contribution in [0.25, 0.3) is 0 Å². The zero-order chi connectivity index (χ0) is 8.20.